The van der Waals surface area contributed by atoms with Gasteiger partial charge in [0.15, 0.2) is 11.6 Å². The van der Waals surface area contributed by atoms with Crippen molar-refractivity contribution >= 4 is 5.97 Å². The standard InChI is InChI=1S/C17H28O7/c1-6-14(18)19-8-7-9-20-15(12-10-21-16(2,3)23-12)13-11-22-17(4,5)24-13/h6,12-13,15H,1,7-11H2,2-5H3. The number of hydrogen-bond acceptors (Lipinski definition) is 7. The molecule has 0 aromatic carbocycles. The van der Waals surface area contributed by atoms with Gasteiger partial charge in [-0.05, 0) is 27.7 Å². The van der Waals surface area contributed by atoms with Crippen LogP contribution >= 0.6 is 0 Å². The van der Waals surface area contributed by atoms with Crippen LogP contribution in [-0.2, 0) is 33.2 Å². The lowest BCUT2D eigenvalue weighted by Gasteiger charge is -2.29. The molecule has 0 amide bonds. The highest BCUT2D eigenvalue weighted by atomic mass is 16.8. The Hall–Kier alpha value is -0.990. The minimum Gasteiger partial charge on any atom is -0.462 e. The third-order valence-corrected chi connectivity index (χ3v) is 3.80. The molecule has 24 heavy (non-hydrogen) atoms. The molecular weight excluding hydrogens is 316 g/mol. The zero-order chi connectivity index (χ0) is 17.8. The Morgan fingerprint density at radius 3 is 2.08 bits per heavy atom. The summed E-state index contributed by atoms with van der Waals surface area (Å²) in [6, 6.07) is 0. The second-order valence-electron chi connectivity index (χ2n) is 6.79. The number of carbonyl (C=O) groups excluding carboxylic acids is 1. The van der Waals surface area contributed by atoms with E-state index in [-0.39, 0.29) is 24.9 Å². The fourth-order valence-corrected chi connectivity index (χ4v) is 2.72. The molecule has 0 N–H and O–H groups in total. The summed E-state index contributed by atoms with van der Waals surface area (Å²) in [6.07, 6.45) is 0.922. The van der Waals surface area contributed by atoms with Crippen LogP contribution in [-0.4, -0.2) is 62.3 Å². The molecular formula is C17H28O7. The van der Waals surface area contributed by atoms with E-state index in [1.54, 1.807) is 0 Å². The third kappa shape index (κ3) is 5.53. The average Bonchev–Trinajstić information content (AvgIpc) is 3.04. The summed E-state index contributed by atoms with van der Waals surface area (Å²) in [6.45, 7) is 12.4. The Kier molecular flexibility index (Phi) is 6.39. The van der Waals surface area contributed by atoms with Crippen molar-refractivity contribution in [2.24, 2.45) is 0 Å². The third-order valence-electron chi connectivity index (χ3n) is 3.80. The molecule has 2 unspecified atom stereocenters. The van der Waals surface area contributed by atoms with E-state index in [0.717, 1.165) is 6.08 Å². The van der Waals surface area contributed by atoms with Crippen LogP contribution in [0.5, 0.6) is 0 Å². The second-order valence-corrected chi connectivity index (χ2v) is 6.79. The van der Waals surface area contributed by atoms with Crippen molar-refractivity contribution in [1.82, 2.24) is 0 Å². The Balaban J connectivity index is 1.86. The van der Waals surface area contributed by atoms with Gasteiger partial charge in [-0.1, -0.05) is 6.58 Å². The predicted octanol–water partition coefficient (Wildman–Crippen LogP) is 1.79. The highest BCUT2D eigenvalue weighted by Crippen LogP contribution is 2.32. The zero-order valence-electron chi connectivity index (χ0n) is 14.9. The van der Waals surface area contributed by atoms with E-state index >= 15 is 0 Å². The Morgan fingerprint density at radius 2 is 1.67 bits per heavy atom. The zero-order valence-corrected chi connectivity index (χ0v) is 14.9. The first-order chi connectivity index (χ1) is 11.2. The summed E-state index contributed by atoms with van der Waals surface area (Å²) in [4.78, 5) is 11.0. The number of esters is 1. The van der Waals surface area contributed by atoms with Gasteiger partial charge in [0.1, 0.15) is 18.3 Å². The maximum absolute atomic E-state index is 11.0. The van der Waals surface area contributed by atoms with E-state index in [1.807, 2.05) is 27.7 Å². The minimum atomic E-state index is -0.638. The second kappa shape index (κ2) is 7.93. The van der Waals surface area contributed by atoms with Crippen molar-refractivity contribution in [1.29, 1.82) is 0 Å². The highest BCUT2D eigenvalue weighted by molar-refractivity contribution is 5.81. The summed E-state index contributed by atoms with van der Waals surface area (Å²) >= 11 is 0. The molecule has 0 aromatic rings. The van der Waals surface area contributed by atoms with Gasteiger partial charge in [0.2, 0.25) is 0 Å². The molecule has 0 bridgehead atoms. The molecule has 0 spiro atoms. The monoisotopic (exact) mass is 344 g/mol. The van der Waals surface area contributed by atoms with Gasteiger partial charge in [0, 0.05) is 12.5 Å². The number of hydrogen-bond donors (Lipinski definition) is 0. The Morgan fingerprint density at radius 1 is 1.12 bits per heavy atom. The lowest BCUT2D eigenvalue weighted by Crippen LogP contribution is -2.44. The summed E-state index contributed by atoms with van der Waals surface area (Å²) in [5, 5.41) is 0. The van der Waals surface area contributed by atoms with E-state index in [0.29, 0.717) is 26.2 Å². The molecule has 0 aromatic heterocycles. The van der Waals surface area contributed by atoms with E-state index in [2.05, 4.69) is 6.58 Å². The molecule has 2 rings (SSSR count). The summed E-state index contributed by atoms with van der Waals surface area (Å²) in [5.41, 5.74) is 0. The highest BCUT2D eigenvalue weighted by Gasteiger charge is 2.46. The normalized spacial score (nSPS) is 29.3. The van der Waals surface area contributed by atoms with Crippen LogP contribution in [0.3, 0.4) is 0 Å². The van der Waals surface area contributed by atoms with Crippen LogP contribution in [0, 0.1) is 0 Å². The molecule has 7 nitrogen and oxygen atoms in total. The van der Waals surface area contributed by atoms with E-state index in [4.69, 9.17) is 28.4 Å². The molecule has 2 heterocycles. The van der Waals surface area contributed by atoms with Crippen LogP contribution in [0.4, 0.5) is 0 Å². The predicted molar refractivity (Wildman–Crippen MR) is 85.3 cm³/mol. The van der Waals surface area contributed by atoms with Crippen molar-refractivity contribution < 1.29 is 33.2 Å². The lowest BCUT2D eigenvalue weighted by molar-refractivity contribution is -0.189. The van der Waals surface area contributed by atoms with Crippen LogP contribution in [0.25, 0.3) is 0 Å². The SMILES string of the molecule is C=CC(=O)OCCCOC(C1COC(C)(C)O1)C1COC(C)(C)O1. The number of ether oxygens (including phenoxy) is 6. The molecule has 2 saturated heterocycles. The van der Waals surface area contributed by atoms with Crippen molar-refractivity contribution in [3.8, 4) is 0 Å². The van der Waals surface area contributed by atoms with Gasteiger partial charge in [0.05, 0.1) is 26.4 Å². The lowest BCUT2D eigenvalue weighted by atomic mass is 10.1. The summed E-state index contributed by atoms with van der Waals surface area (Å²) in [7, 11) is 0. The molecule has 0 radical (unpaired) electrons. The first kappa shape index (κ1) is 19.3. The molecule has 0 saturated carbocycles. The van der Waals surface area contributed by atoms with Gasteiger partial charge in [-0.2, -0.15) is 0 Å². The molecule has 2 aliphatic heterocycles. The topological polar surface area (TPSA) is 72.5 Å². The Bertz CT molecular complexity index is 420. The maximum Gasteiger partial charge on any atom is 0.330 e. The molecule has 2 fully saturated rings. The van der Waals surface area contributed by atoms with E-state index < -0.39 is 17.5 Å². The smallest absolute Gasteiger partial charge is 0.330 e. The van der Waals surface area contributed by atoms with Gasteiger partial charge in [-0.15, -0.1) is 0 Å². The van der Waals surface area contributed by atoms with Gasteiger partial charge < -0.3 is 28.4 Å². The molecule has 2 aliphatic rings. The van der Waals surface area contributed by atoms with Crippen molar-refractivity contribution in [3.05, 3.63) is 12.7 Å². The quantitative estimate of drug-likeness (QED) is 0.378. The summed E-state index contributed by atoms with van der Waals surface area (Å²) in [5.74, 6) is -1.71. The van der Waals surface area contributed by atoms with Crippen LogP contribution in [0.2, 0.25) is 0 Å². The van der Waals surface area contributed by atoms with E-state index in [1.165, 1.54) is 0 Å². The molecule has 0 aliphatic carbocycles. The minimum absolute atomic E-state index is 0.238. The fraction of sp³-hybridized carbons (Fsp3) is 0.824. The average molecular weight is 344 g/mol. The van der Waals surface area contributed by atoms with Crippen LogP contribution in [0.15, 0.2) is 12.7 Å². The largest absolute Gasteiger partial charge is 0.462 e. The molecule has 138 valence electrons. The molecule has 7 heteroatoms. The summed E-state index contributed by atoms with van der Waals surface area (Å²) < 4.78 is 34.1. The van der Waals surface area contributed by atoms with Gasteiger partial charge in [-0.3, -0.25) is 0 Å². The first-order valence-electron chi connectivity index (χ1n) is 8.27. The fourth-order valence-electron chi connectivity index (χ4n) is 2.72. The molecule has 2 atom stereocenters. The van der Waals surface area contributed by atoms with Crippen molar-refractivity contribution in [3.63, 3.8) is 0 Å². The van der Waals surface area contributed by atoms with Crippen molar-refractivity contribution in [2.75, 3.05) is 26.4 Å². The van der Waals surface area contributed by atoms with E-state index in [9.17, 15) is 4.79 Å². The Labute approximate surface area is 143 Å². The van der Waals surface area contributed by atoms with Crippen LogP contribution in [0.1, 0.15) is 34.1 Å². The van der Waals surface area contributed by atoms with Crippen LogP contribution < -0.4 is 0 Å². The number of rotatable bonds is 8. The van der Waals surface area contributed by atoms with Gasteiger partial charge >= 0.3 is 5.97 Å². The van der Waals surface area contributed by atoms with Gasteiger partial charge in [-0.25, -0.2) is 4.79 Å². The first-order valence-corrected chi connectivity index (χ1v) is 8.27. The van der Waals surface area contributed by atoms with Crippen molar-refractivity contribution in [2.45, 2.75) is 64.0 Å². The number of carbonyl (C=O) groups is 1. The van der Waals surface area contributed by atoms with Gasteiger partial charge in [0.25, 0.3) is 0 Å². The maximum atomic E-state index is 11.0.